The molecule has 0 unspecified atom stereocenters. The maximum absolute atomic E-state index is 11.7. The molecule has 5 heteroatoms. The molecule has 0 aliphatic carbocycles. The van der Waals surface area contributed by atoms with Crippen molar-refractivity contribution in [2.45, 2.75) is 13.8 Å². The van der Waals surface area contributed by atoms with Crippen molar-refractivity contribution >= 4 is 12.0 Å². The number of hydrogen-bond donors (Lipinski definition) is 1. The third-order valence-corrected chi connectivity index (χ3v) is 1.91. The number of terminal acetylenes is 1. The molecule has 84 valence electrons. The molecule has 0 aliphatic rings. The standard InChI is InChI=1S/C10H16N2O3/c1-4-7-12(8-9(13)14)10(15)11(5-2)6-3/h1H,5-8H2,2-3H3,(H,13,14). The van der Waals surface area contributed by atoms with Crippen LogP contribution in [0.2, 0.25) is 0 Å². The van der Waals surface area contributed by atoms with Gasteiger partial charge in [-0.15, -0.1) is 6.42 Å². The number of carbonyl (C=O) groups is 2. The number of carboxylic acids is 1. The molecule has 15 heavy (non-hydrogen) atoms. The fourth-order valence-electron chi connectivity index (χ4n) is 1.16. The van der Waals surface area contributed by atoms with E-state index in [4.69, 9.17) is 11.5 Å². The Morgan fingerprint density at radius 1 is 1.27 bits per heavy atom. The van der Waals surface area contributed by atoms with Crippen molar-refractivity contribution in [3.8, 4) is 12.3 Å². The van der Waals surface area contributed by atoms with Gasteiger partial charge in [0.15, 0.2) is 0 Å². The minimum absolute atomic E-state index is 0.0155. The van der Waals surface area contributed by atoms with Crippen LogP contribution in [0.5, 0.6) is 0 Å². The molecule has 0 atom stereocenters. The summed E-state index contributed by atoms with van der Waals surface area (Å²) in [5.41, 5.74) is 0. The second kappa shape index (κ2) is 6.71. The second-order valence-corrected chi connectivity index (χ2v) is 2.91. The van der Waals surface area contributed by atoms with Crippen molar-refractivity contribution in [1.82, 2.24) is 9.80 Å². The summed E-state index contributed by atoms with van der Waals surface area (Å²) in [6, 6.07) is -0.333. The third kappa shape index (κ3) is 4.36. The average molecular weight is 212 g/mol. The third-order valence-electron chi connectivity index (χ3n) is 1.91. The summed E-state index contributed by atoms with van der Waals surface area (Å²) >= 11 is 0. The first-order chi connectivity index (χ1) is 7.06. The van der Waals surface area contributed by atoms with Crippen LogP contribution in [0.15, 0.2) is 0 Å². The van der Waals surface area contributed by atoms with Crippen molar-refractivity contribution < 1.29 is 14.7 Å². The van der Waals surface area contributed by atoms with Gasteiger partial charge in [-0.25, -0.2) is 4.79 Å². The fraction of sp³-hybridized carbons (Fsp3) is 0.600. The molecule has 2 amide bonds. The first-order valence-corrected chi connectivity index (χ1v) is 4.75. The highest BCUT2D eigenvalue weighted by Gasteiger charge is 2.19. The largest absolute Gasteiger partial charge is 0.480 e. The van der Waals surface area contributed by atoms with Gasteiger partial charge in [-0.2, -0.15) is 0 Å². The summed E-state index contributed by atoms with van der Waals surface area (Å²) in [5.74, 6) is 1.21. The van der Waals surface area contributed by atoms with Gasteiger partial charge in [-0.3, -0.25) is 4.79 Å². The maximum atomic E-state index is 11.7. The monoisotopic (exact) mass is 212 g/mol. The second-order valence-electron chi connectivity index (χ2n) is 2.91. The topological polar surface area (TPSA) is 60.9 Å². The quantitative estimate of drug-likeness (QED) is 0.674. The number of carboxylic acid groups (broad SMARTS) is 1. The Labute approximate surface area is 89.7 Å². The lowest BCUT2D eigenvalue weighted by molar-refractivity contribution is -0.137. The zero-order valence-corrected chi connectivity index (χ0v) is 9.06. The van der Waals surface area contributed by atoms with Gasteiger partial charge < -0.3 is 14.9 Å². The fourth-order valence-corrected chi connectivity index (χ4v) is 1.16. The Balaban J connectivity index is 4.53. The van der Waals surface area contributed by atoms with Gasteiger partial charge in [-0.1, -0.05) is 5.92 Å². The molecule has 0 aromatic heterocycles. The van der Waals surface area contributed by atoms with E-state index in [0.717, 1.165) is 4.90 Å². The molecule has 0 saturated carbocycles. The van der Waals surface area contributed by atoms with Crippen molar-refractivity contribution in [2.75, 3.05) is 26.2 Å². The molecule has 5 nitrogen and oxygen atoms in total. The highest BCUT2D eigenvalue weighted by atomic mass is 16.4. The van der Waals surface area contributed by atoms with E-state index in [0.29, 0.717) is 13.1 Å². The number of amides is 2. The molecular formula is C10H16N2O3. The minimum Gasteiger partial charge on any atom is -0.480 e. The summed E-state index contributed by atoms with van der Waals surface area (Å²) < 4.78 is 0. The molecule has 0 aliphatic heterocycles. The number of hydrogen-bond acceptors (Lipinski definition) is 2. The van der Waals surface area contributed by atoms with E-state index in [2.05, 4.69) is 5.92 Å². The summed E-state index contributed by atoms with van der Waals surface area (Å²) in [7, 11) is 0. The molecule has 0 rings (SSSR count). The van der Waals surface area contributed by atoms with E-state index < -0.39 is 5.97 Å². The van der Waals surface area contributed by atoms with E-state index in [-0.39, 0.29) is 19.1 Å². The summed E-state index contributed by atoms with van der Waals surface area (Å²) in [6.07, 6.45) is 5.07. The number of carbonyl (C=O) groups excluding carboxylic acids is 1. The van der Waals surface area contributed by atoms with Gasteiger partial charge in [0.1, 0.15) is 6.54 Å². The Hall–Kier alpha value is -1.70. The highest BCUT2D eigenvalue weighted by molar-refractivity contribution is 5.80. The molecule has 0 aromatic rings. The average Bonchev–Trinajstić information content (AvgIpc) is 2.18. The van der Waals surface area contributed by atoms with Gasteiger partial charge in [0.05, 0.1) is 6.54 Å². The van der Waals surface area contributed by atoms with Crippen LogP contribution >= 0.6 is 0 Å². The smallest absolute Gasteiger partial charge is 0.323 e. The molecule has 0 aromatic carbocycles. The van der Waals surface area contributed by atoms with Crippen LogP contribution in [0, 0.1) is 12.3 Å². The van der Waals surface area contributed by atoms with Crippen LogP contribution in [0.4, 0.5) is 4.79 Å². The van der Waals surface area contributed by atoms with Gasteiger partial charge in [0.25, 0.3) is 0 Å². The lowest BCUT2D eigenvalue weighted by Crippen LogP contribution is -2.45. The number of urea groups is 1. The Morgan fingerprint density at radius 2 is 1.80 bits per heavy atom. The van der Waals surface area contributed by atoms with E-state index in [9.17, 15) is 9.59 Å². The van der Waals surface area contributed by atoms with Gasteiger partial charge in [0, 0.05) is 13.1 Å². The normalized spacial score (nSPS) is 9.13. The maximum Gasteiger partial charge on any atom is 0.323 e. The van der Waals surface area contributed by atoms with Gasteiger partial charge in [-0.05, 0) is 13.8 Å². The van der Waals surface area contributed by atoms with Crippen LogP contribution < -0.4 is 0 Å². The number of nitrogens with zero attached hydrogens (tertiary/aromatic N) is 2. The summed E-state index contributed by atoms with van der Waals surface area (Å²) in [5, 5.41) is 8.61. The number of aliphatic carboxylic acids is 1. The molecule has 0 heterocycles. The zero-order chi connectivity index (χ0) is 11.8. The molecular weight excluding hydrogens is 196 g/mol. The van der Waals surface area contributed by atoms with E-state index >= 15 is 0 Å². The van der Waals surface area contributed by atoms with Crippen LogP contribution in [0.3, 0.4) is 0 Å². The molecule has 0 radical (unpaired) electrons. The van der Waals surface area contributed by atoms with Crippen LogP contribution in [-0.2, 0) is 4.79 Å². The van der Waals surface area contributed by atoms with Crippen LogP contribution in [0.25, 0.3) is 0 Å². The minimum atomic E-state index is -1.06. The number of rotatable bonds is 5. The van der Waals surface area contributed by atoms with E-state index in [1.54, 1.807) is 0 Å². The molecule has 0 saturated heterocycles. The van der Waals surface area contributed by atoms with Crippen molar-refractivity contribution in [3.63, 3.8) is 0 Å². The van der Waals surface area contributed by atoms with E-state index in [1.807, 2.05) is 13.8 Å². The van der Waals surface area contributed by atoms with Gasteiger partial charge >= 0.3 is 12.0 Å². The molecule has 0 spiro atoms. The summed E-state index contributed by atoms with van der Waals surface area (Å²) in [6.45, 7) is 4.39. The van der Waals surface area contributed by atoms with Gasteiger partial charge in [0.2, 0.25) is 0 Å². The Kier molecular flexibility index (Phi) is 5.95. The first-order valence-electron chi connectivity index (χ1n) is 4.75. The first kappa shape index (κ1) is 13.3. The van der Waals surface area contributed by atoms with Crippen molar-refractivity contribution in [1.29, 1.82) is 0 Å². The summed E-state index contributed by atoms with van der Waals surface area (Å²) in [4.78, 5) is 24.9. The van der Waals surface area contributed by atoms with Crippen molar-refractivity contribution in [2.24, 2.45) is 0 Å². The SMILES string of the molecule is C#CCN(CC(=O)O)C(=O)N(CC)CC. The Bertz CT molecular complexity index is 266. The Morgan fingerprint density at radius 3 is 2.13 bits per heavy atom. The van der Waals surface area contributed by atoms with Crippen LogP contribution in [0.1, 0.15) is 13.8 Å². The van der Waals surface area contributed by atoms with Crippen LogP contribution in [-0.4, -0.2) is 53.1 Å². The lowest BCUT2D eigenvalue weighted by Gasteiger charge is -2.26. The predicted molar refractivity (Wildman–Crippen MR) is 56.4 cm³/mol. The molecule has 0 bridgehead atoms. The lowest BCUT2D eigenvalue weighted by atomic mass is 10.4. The van der Waals surface area contributed by atoms with Crippen molar-refractivity contribution in [3.05, 3.63) is 0 Å². The molecule has 0 fully saturated rings. The predicted octanol–water partition coefficient (Wildman–Crippen LogP) is 0.468. The zero-order valence-electron chi connectivity index (χ0n) is 9.06. The van der Waals surface area contributed by atoms with E-state index in [1.165, 1.54) is 4.90 Å². The molecule has 1 N–H and O–H groups in total. The highest BCUT2D eigenvalue weighted by Crippen LogP contribution is 1.98.